The molecule has 1 amide bonds. The lowest BCUT2D eigenvalue weighted by Crippen LogP contribution is -2.18. The summed E-state index contributed by atoms with van der Waals surface area (Å²) >= 11 is 1.74. The van der Waals surface area contributed by atoms with Crippen LogP contribution in [0.2, 0.25) is 0 Å². The molecule has 1 aromatic rings. The molecule has 1 rings (SSSR count). The zero-order valence-corrected chi connectivity index (χ0v) is 13.0. The van der Waals surface area contributed by atoms with Crippen LogP contribution in [0.1, 0.15) is 62.6 Å². The highest BCUT2D eigenvalue weighted by molar-refractivity contribution is 7.14. The zero-order chi connectivity index (χ0) is 14.1. The quantitative estimate of drug-likeness (QED) is 0.434. The Kier molecular flexibility index (Phi) is 7.41. The van der Waals surface area contributed by atoms with Crippen molar-refractivity contribution < 1.29 is 4.79 Å². The Morgan fingerprint density at radius 2 is 2.05 bits per heavy atom. The molecule has 106 valence electrons. The predicted molar refractivity (Wildman–Crippen MR) is 82.8 cm³/mol. The minimum Gasteiger partial charge on any atom is -0.273 e. The van der Waals surface area contributed by atoms with E-state index in [9.17, 15) is 4.79 Å². The van der Waals surface area contributed by atoms with E-state index < -0.39 is 0 Å². The van der Waals surface area contributed by atoms with Crippen molar-refractivity contribution in [2.24, 2.45) is 5.10 Å². The molecule has 0 aromatic carbocycles. The molecule has 0 aliphatic rings. The summed E-state index contributed by atoms with van der Waals surface area (Å²) in [6.07, 6.45) is 6.08. The van der Waals surface area contributed by atoms with Crippen LogP contribution in [0.5, 0.6) is 0 Å². The molecule has 0 saturated carbocycles. The molecule has 1 heterocycles. The van der Waals surface area contributed by atoms with Gasteiger partial charge in [0.25, 0.3) is 0 Å². The SMILES string of the molecule is CCCCCCC(=O)N/N=C(\C)c1ccc(CC)s1. The Morgan fingerprint density at radius 3 is 2.68 bits per heavy atom. The molecule has 0 fully saturated rings. The van der Waals surface area contributed by atoms with E-state index in [2.05, 4.69) is 36.5 Å². The van der Waals surface area contributed by atoms with Crippen molar-refractivity contribution in [3.8, 4) is 0 Å². The van der Waals surface area contributed by atoms with Gasteiger partial charge in [-0.15, -0.1) is 11.3 Å². The van der Waals surface area contributed by atoms with Gasteiger partial charge >= 0.3 is 0 Å². The third-order valence-corrected chi connectivity index (χ3v) is 4.31. The molecule has 3 nitrogen and oxygen atoms in total. The first-order chi connectivity index (χ1) is 9.17. The maximum Gasteiger partial charge on any atom is 0.240 e. The Bertz CT molecular complexity index is 424. The number of hydrazone groups is 1. The van der Waals surface area contributed by atoms with Crippen molar-refractivity contribution in [1.82, 2.24) is 5.43 Å². The van der Waals surface area contributed by atoms with Crippen molar-refractivity contribution in [2.75, 3.05) is 0 Å². The fourth-order valence-electron chi connectivity index (χ4n) is 1.73. The van der Waals surface area contributed by atoms with Crippen molar-refractivity contribution >= 4 is 23.0 Å². The summed E-state index contributed by atoms with van der Waals surface area (Å²) in [5.74, 6) is 0.0164. The van der Waals surface area contributed by atoms with Crippen molar-refractivity contribution in [2.45, 2.75) is 59.3 Å². The second kappa shape index (κ2) is 8.86. The molecule has 0 aliphatic carbocycles. The summed E-state index contributed by atoms with van der Waals surface area (Å²) in [6, 6.07) is 4.18. The molecule has 0 saturated heterocycles. The van der Waals surface area contributed by atoms with Gasteiger partial charge in [0.15, 0.2) is 0 Å². The van der Waals surface area contributed by atoms with E-state index in [1.807, 2.05) is 6.92 Å². The highest BCUT2D eigenvalue weighted by Gasteiger charge is 2.03. The number of nitrogens with one attached hydrogen (secondary N) is 1. The Labute approximate surface area is 120 Å². The van der Waals surface area contributed by atoms with Gasteiger partial charge in [0, 0.05) is 11.3 Å². The number of carbonyl (C=O) groups is 1. The smallest absolute Gasteiger partial charge is 0.240 e. The Balaban J connectivity index is 2.36. The van der Waals surface area contributed by atoms with Crippen LogP contribution < -0.4 is 5.43 Å². The van der Waals surface area contributed by atoms with Crippen LogP contribution in [-0.2, 0) is 11.2 Å². The molecule has 1 aromatic heterocycles. The van der Waals surface area contributed by atoms with Crippen LogP contribution in [0, 0.1) is 0 Å². The molecule has 0 unspecified atom stereocenters. The molecule has 1 N–H and O–H groups in total. The van der Waals surface area contributed by atoms with E-state index in [-0.39, 0.29) is 5.91 Å². The third kappa shape index (κ3) is 6.01. The average Bonchev–Trinajstić information content (AvgIpc) is 2.90. The molecule has 0 spiro atoms. The molecule has 0 atom stereocenters. The van der Waals surface area contributed by atoms with Crippen LogP contribution >= 0.6 is 11.3 Å². The molecule has 4 heteroatoms. The summed E-state index contributed by atoms with van der Waals surface area (Å²) in [7, 11) is 0. The number of hydrogen-bond donors (Lipinski definition) is 1. The fourth-order valence-corrected chi connectivity index (χ4v) is 2.62. The van der Waals surface area contributed by atoms with Gasteiger partial charge in [0.1, 0.15) is 0 Å². The highest BCUT2D eigenvalue weighted by atomic mass is 32.1. The van der Waals surface area contributed by atoms with Gasteiger partial charge in [-0.05, 0) is 31.9 Å². The average molecular weight is 280 g/mol. The molecular weight excluding hydrogens is 256 g/mol. The first kappa shape index (κ1) is 15.9. The van der Waals surface area contributed by atoms with E-state index in [1.54, 1.807) is 11.3 Å². The van der Waals surface area contributed by atoms with E-state index in [4.69, 9.17) is 0 Å². The van der Waals surface area contributed by atoms with E-state index in [0.717, 1.165) is 29.9 Å². The van der Waals surface area contributed by atoms with Gasteiger partial charge < -0.3 is 0 Å². The molecule has 0 radical (unpaired) electrons. The largest absolute Gasteiger partial charge is 0.273 e. The lowest BCUT2D eigenvalue weighted by Gasteiger charge is -2.01. The number of aryl methyl sites for hydroxylation is 1. The lowest BCUT2D eigenvalue weighted by molar-refractivity contribution is -0.121. The van der Waals surface area contributed by atoms with Gasteiger partial charge in [-0.3, -0.25) is 4.79 Å². The number of thiophene rings is 1. The maximum atomic E-state index is 11.6. The van der Waals surface area contributed by atoms with Crippen molar-refractivity contribution in [1.29, 1.82) is 0 Å². The third-order valence-electron chi connectivity index (χ3n) is 2.97. The van der Waals surface area contributed by atoms with Gasteiger partial charge in [-0.2, -0.15) is 5.10 Å². The summed E-state index contributed by atoms with van der Waals surface area (Å²) in [6.45, 7) is 6.24. The highest BCUT2D eigenvalue weighted by Crippen LogP contribution is 2.17. The fraction of sp³-hybridized carbons (Fsp3) is 0.600. The van der Waals surface area contributed by atoms with Crippen molar-refractivity contribution in [3.05, 3.63) is 21.9 Å². The minimum atomic E-state index is 0.0164. The summed E-state index contributed by atoms with van der Waals surface area (Å²) in [4.78, 5) is 14.1. The van der Waals surface area contributed by atoms with Gasteiger partial charge in [0.05, 0.1) is 10.6 Å². The number of carbonyl (C=O) groups excluding carboxylic acids is 1. The number of nitrogens with zero attached hydrogens (tertiary/aromatic N) is 1. The molecule has 19 heavy (non-hydrogen) atoms. The second-order valence-electron chi connectivity index (χ2n) is 4.66. The monoisotopic (exact) mass is 280 g/mol. The Morgan fingerprint density at radius 1 is 1.26 bits per heavy atom. The normalized spacial score (nSPS) is 11.6. The second-order valence-corrected chi connectivity index (χ2v) is 5.83. The first-order valence-electron chi connectivity index (χ1n) is 7.09. The number of rotatable bonds is 8. The number of amides is 1. The van der Waals surface area contributed by atoms with Gasteiger partial charge in [-0.25, -0.2) is 5.43 Å². The van der Waals surface area contributed by atoms with Crippen LogP contribution in [0.4, 0.5) is 0 Å². The number of unbranched alkanes of at least 4 members (excludes halogenated alkanes) is 3. The molecule has 0 aliphatic heterocycles. The predicted octanol–water partition coefficient (Wildman–Crippen LogP) is 4.12. The van der Waals surface area contributed by atoms with Crippen molar-refractivity contribution in [3.63, 3.8) is 0 Å². The molecule has 0 bridgehead atoms. The van der Waals surface area contributed by atoms with Crippen LogP contribution in [0.15, 0.2) is 17.2 Å². The van der Waals surface area contributed by atoms with E-state index >= 15 is 0 Å². The van der Waals surface area contributed by atoms with Crippen LogP contribution in [-0.4, -0.2) is 11.6 Å². The standard InChI is InChI=1S/C15H24N2OS/c1-4-6-7-8-9-15(18)17-16-12(3)14-11-10-13(5-2)19-14/h10-11H,4-9H2,1-3H3,(H,17,18)/b16-12+. The van der Waals surface area contributed by atoms with Gasteiger partial charge in [0.2, 0.25) is 5.91 Å². The summed E-state index contributed by atoms with van der Waals surface area (Å²) in [5.41, 5.74) is 3.52. The number of hydrogen-bond acceptors (Lipinski definition) is 3. The topological polar surface area (TPSA) is 41.5 Å². The van der Waals surface area contributed by atoms with E-state index in [1.165, 1.54) is 17.7 Å². The van der Waals surface area contributed by atoms with Gasteiger partial charge in [-0.1, -0.05) is 33.1 Å². The van der Waals surface area contributed by atoms with Crippen LogP contribution in [0.25, 0.3) is 0 Å². The minimum absolute atomic E-state index is 0.0164. The first-order valence-corrected chi connectivity index (χ1v) is 7.91. The maximum absolute atomic E-state index is 11.6. The lowest BCUT2D eigenvalue weighted by atomic mass is 10.1. The zero-order valence-electron chi connectivity index (χ0n) is 12.2. The Hall–Kier alpha value is -1.16. The van der Waals surface area contributed by atoms with E-state index in [0.29, 0.717) is 6.42 Å². The van der Waals surface area contributed by atoms with Crippen LogP contribution in [0.3, 0.4) is 0 Å². The summed E-state index contributed by atoms with van der Waals surface area (Å²) < 4.78 is 0. The summed E-state index contributed by atoms with van der Waals surface area (Å²) in [5, 5.41) is 4.17. The molecular formula is C15H24N2OS.